The lowest BCUT2D eigenvalue weighted by Crippen LogP contribution is -2.38. The molecular formula is C19H27N5S. The molecule has 0 aliphatic carbocycles. The van der Waals surface area contributed by atoms with E-state index in [1.807, 2.05) is 18.2 Å². The Bertz CT molecular complexity index is 661. The fraction of sp³-hybridized carbons (Fsp3) is 0.474. The minimum absolute atomic E-state index is 0.686. The quantitative estimate of drug-likeness (QED) is 0.591. The van der Waals surface area contributed by atoms with Crippen LogP contribution in [0, 0.1) is 0 Å². The van der Waals surface area contributed by atoms with Crippen molar-refractivity contribution in [2.24, 2.45) is 4.99 Å². The van der Waals surface area contributed by atoms with Crippen LogP contribution in [0.5, 0.6) is 0 Å². The smallest absolute Gasteiger partial charge is 0.191 e. The number of benzene rings is 1. The van der Waals surface area contributed by atoms with Crippen molar-refractivity contribution in [1.29, 1.82) is 0 Å². The summed E-state index contributed by atoms with van der Waals surface area (Å²) in [5.74, 6) is 0.862. The molecule has 1 aromatic heterocycles. The van der Waals surface area contributed by atoms with E-state index in [1.165, 1.54) is 29.2 Å². The van der Waals surface area contributed by atoms with Gasteiger partial charge in [-0.25, -0.2) is 9.98 Å². The number of aromatic nitrogens is 1. The van der Waals surface area contributed by atoms with E-state index >= 15 is 0 Å². The summed E-state index contributed by atoms with van der Waals surface area (Å²) in [5, 5.41) is 10.1. The van der Waals surface area contributed by atoms with E-state index in [1.54, 1.807) is 11.3 Å². The molecule has 2 N–H and O–H groups in total. The van der Waals surface area contributed by atoms with Crippen molar-refractivity contribution in [2.75, 3.05) is 31.1 Å². The lowest BCUT2D eigenvalue weighted by Gasteiger charge is -2.12. The van der Waals surface area contributed by atoms with Gasteiger partial charge in [-0.15, -0.1) is 11.3 Å². The van der Waals surface area contributed by atoms with Crippen molar-refractivity contribution in [3.05, 3.63) is 47.0 Å². The van der Waals surface area contributed by atoms with Crippen LogP contribution in [0.1, 0.15) is 31.0 Å². The molecule has 0 bridgehead atoms. The predicted molar refractivity (Wildman–Crippen MR) is 107 cm³/mol. The number of guanidine groups is 1. The molecule has 1 saturated heterocycles. The number of nitrogens with one attached hydrogen (secondary N) is 2. The Morgan fingerprint density at radius 2 is 2.00 bits per heavy atom. The molecule has 0 saturated carbocycles. The predicted octanol–water partition coefficient (Wildman–Crippen LogP) is 3.04. The molecule has 1 aromatic carbocycles. The van der Waals surface area contributed by atoms with Crippen molar-refractivity contribution in [1.82, 2.24) is 15.6 Å². The van der Waals surface area contributed by atoms with Crippen molar-refractivity contribution in [3.8, 4) is 0 Å². The summed E-state index contributed by atoms with van der Waals surface area (Å²) in [6.45, 7) is 6.78. The number of hydrogen-bond acceptors (Lipinski definition) is 4. The molecular weight excluding hydrogens is 330 g/mol. The normalized spacial score (nSPS) is 14.8. The van der Waals surface area contributed by atoms with Gasteiger partial charge in [-0.1, -0.05) is 30.3 Å². The minimum atomic E-state index is 0.686. The number of anilines is 1. The van der Waals surface area contributed by atoms with E-state index in [0.29, 0.717) is 6.54 Å². The second kappa shape index (κ2) is 9.42. The van der Waals surface area contributed by atoms with Crippen LogP contribution < -0.4 is 15.5 Å². The first kappa shape index (κ1) is 17.7. The maximum Gasteiger partial charge on any atom is 0.191 e. The van der Waals surface area contributed by atoms with E-state index in [4.69, 9.17) is 4.98 Å². The zero-order valence-corrected chi connectivity index (χ0v) is 15.7. The molecule has 0 atom stereocenters. The van der Waals surface area contributed by atoms with Gasteiger partial charge < -0.3 is 15.5 Å². The van der Waals surface area contributed by atoms with Gasteiger partial charge in [0.25, 0.3) is 0 Å². The summed E-state index contributed by atoms with van der Waals surface area (Å²) in [7, 11) is 0. The van der Waals surface area contributed by atoms with Crippen LogP contribution in [0.2, 0.25) is 0 Å². The molecule has 0 radical (unpaired) electrons. The van der Waals surface area contributed by atoms with Gasteiger partial charge in [0, 0.05) is 38.0 Å². The van der Waals surface area contributed by atoms with Crippen molar-refractivity contribution >= 4 is 22.4 Å². The molecule has 25 heavy (non-hydrogen) atoms. The maximum atomic E-state index is 4.77. The second-order valence-electron chi connectivity index (χ2n) is 6.17. The first-order valence-electron chi connectivity index (χ1n) is 9.10. The highest BCUT2D eigenvalue weighted by molar-refractivity contribution is 7.13. The molecule has 2 aromatic rings. The first-order chi connectivity index (χ1) is 12.3. The Kier molecular flexibility index (Phi) is 6.68. The summed E-state index contributed by atoms with van der Waals surface area (Å²) in [6.07, 6.45) is 3.50. The summed E-state index contributed by atoms with van der Waals surface area (Å²) in [6, 6.07) is 10.3. The lowest BCUT2D eigenvalue weighted by atomic mass is 10.2. The monoisotopic (exact) mass is 357 g/mol. The Morgan fingerprint density at radius 3 is 2.76 bits per heavy atom. The van der Waals surface area contributed by atoms with Gasteiger partial charge in [-0.2, -0.15) is 0 Å². The van der Waals surface area contributed by atoms with Gasteiger partial charge in [-0.3, -0.25) is 0 Å². The van der Waals surface area contributed by atoms with Gasteiger partial charge in [0.15, 0.2) is 11.1 Å². The molecule has 3 rings (SSSR count). The molecule has 1 aliphatic rings. The van der Waals surface area contributed by atoms with Crippen LogP contribution in [-0.4, -0.2) is 37.1 Å². The number of nitrogens with zero attached hydrogens (tertiary/aromatic N) is 3. The molecule has 1 fully saturated rings. The van der Waals surface area contributed by atoms with Gasteiger partial charge in [0.1, 0.15) is 0 Å². The van der Waals surface area contributed by atoms with Gasteiger partial charge in [0.2, 0.25) is 0 Å². The average molecular weight is 358 g/mol. The molecule has 1 aliphatic heterocycles. The van der Waals surface area contributed by atoms with Crippen LogP contribution in [0.4, 0.5) is 5.13 Å². The Balaban J connectivity index is 1.48. The summed E-state index contributed by atoms with van der Waals surface area (Å²) >= 11 is 1.76. The summed E-state index contributed by atoms with van der Waals surface area (Å²) in [4.78, 5) is 11.8. The molecule has 2 heterocycles. The van der Waals surface area contributed by atoms with Gasteiger partial charge >= 0.3 is 0 Å². The zero-order chi connectivity index (χ0) is 17.3. The van der Waals surface area contributed by atoms with Crippen LogP contribution in [0.3, 0.4) is 0 Å². The third-order valence-electron chi connectivity index (χ3n) is 4.20. The highest BCUT2D eigenvalue weighted by atomic mass is 32.1. The largest absolute Gasteiger partial charge is 0.357 e. The van der Waals surface area contributed by atoms with Crippen molar-refractivity contribution in [3.63, 3.8) is 0 Å². The summed E-state index contributed by atoms with van der Waals surface area (Å²) < 4.78 is 0. The standard InChI is InChI=1S/C19H27N5S/c1-2-20-18(22-14-16-8-4-3-5-9-16)21-11-10-17-15-25-19(23-17)24-12-6-7-13-24/h3-5,8-9,15H,2,6-7,10-14H2,1H3,(H2,20,21,22). The summed E-state index contributed by atoms with van der Waals surface area (Å²) in [5.41, 5.74) is 2.38. The van der Waals surface area contributed by atoms with E-state index in [-0.39, 0.29) is 0 Å². The average Bonchev–Trinajstić information content (AvgIpc) is 3.32. The fourth-order valence-electron chi connectivity index (χ4n) is 2.87. The Morgan fingerprint density at radius 1 is 1.20 bits per heavy atom. The molecule has 0 amide bonds. The van der Waals surface area contributed by atoms with E-state index in [2.05, 4.69) is 45.0 Å². The number of aliphatic imine (C=N–C) groups is 1. The highest BCUT2D eigenvalue weighted by Gasteiger charge is 2.15. The topological polar surface area (TPSA) is 52.6 Å². The molecule has 0 spiro atoms. The minimum Gasteiger partial charge on any atom is -0.357 e. The van der Waals surface area contributed by atoms with Gasteiger partial charge in [0.05, 0.1) is 12.2 Å². The molecule has 6 heteroatoms. The van der Waals surface area contributed by atoms with Gasteiger partial charge in [-0.05, 0) is 25.3 Å². The van der Waals surface area contributed by atoms with Crippen LogP contribution in [0.15, 0.2) is 40.7 Å². The third kappa shape index (κ3) is 5.46. The molecule has 5 nitrogen and oxygen atoms in total. The van der Waals surface area contributed by atoms with Crippen molar-refractivity contribution < 1.29 is 0 Å². The second-order valence-corrected chi connectivity index (χ2v) is 7.01. The number of hydrogen-bond donors (Lipinski definition) is 2. The Labute approximate surface area is 154 Å². The number of rotatable bonds is 7. The lowest BCUT2D eigenvalue weighted by molar-refractivity contribution is 0.789. The van der Waals surface area contributed by atoms with Crippen LogP contribution in [0.25, 0.3) is 0 Å². The Hall–Kier alpha value is -2.08. The fourth-order valence-corrected chi connectivity index (χ4v) is 3.78. The highest BCUT2D eigenvalue weighted by Crippen LogP contribution is 2.24. The van der Waals surface area contributed by atoms with Crippen LogP contribution >= 0.6 is 11.3 Å². The number of thiazole rings is 1. The first-order valence-corrected chi connectivity index (χ1v) is 9.98. The van der Waals surface area contributed by atoms with E-state index in [0.717, 1.165) is 38.6 Å². The van der Waals surface area contributed by atoms with Crippen LogP contribution in [-0.2, 0) is 13.0 Å². The van der Waals surface area contributed by atoms with E-state index in [9.17, 15) is 0 Å². The SMILES string of the molecule is CCNC(=NCc1ccccc1)NCCc1csc(N2CCCC2)n1. The van der Waals surface area contributed by atoms with Crippen molar-refractivity contribution in [2.45, 2.75) is 32.7 Å². The molecule has 134 valence electrons. The zero-order valence-electron chi connectivity index (χ0n) is 14.9. The maximum absolute atomic E-state index is 4.77. The molecule has 0 unspecified atom stereocenters. The van der Waals surface area contributed by atoms with E-state index < -0.39 is 0 Å². The third-order valence-corrected chi connectivity index (χ3v) is 5.15.